The number of para-hydroxylation sites is 1. The van der Waals surface area contributed by atoms with E-state index in [1.54, 1.807) is 18.2 Å². The maximum Gasteiger partial charge on any atom is 0.310 e. The van der Waals surface area contributed by atoms with Gasteiger partial charge < -0.3 is 9.84 Å². The number of carbonyl (C=O) groups excluding carboxylic acids is 1. The van der Waals surface area contributed by atoms with Crippen molar-refractivity contribution in [2.75, 3.05) is 7.11 Å². The van der Waals surface area contributed by atoms with Gasteiger partial charge >= 0.3 is 5.97 Å². The van der Waals surface area contributed by atoms with Gasteiger partial charge in [-0.05, 0) is 23.6 Å². The molecule has 0 aromatic heterocycles. The van der Waals surface area contributed by atoms with Crippen LogP contribution in [0.2, 0.25) is 0 Å². The van der Waals surface area contributed by atoms with Gasteiger partial charge in [0.25, 0.3) is 0 Å². The van der Waals surface area contributed by atoms with Crippen molar-refractivity contribution >= 4 is 5.97 Å². The molecule has 3 rings (SSSR count). The molecule has 1 aliphatic rings. The predicted octanol–water partition coefficient (Wildman–Crippen LogP) is 2.70. The van der Waals surface area contributed by atoms with Crippen molar-refractivity contribution in [1.29, 1.82) is 0 Å². The summed E-state index contributed by atoms with van der Waals surface area (Å²) in [7, 11) is 1.32. The summed E-state index contributed by atoms with van der Waals surface area (Å²) < 4.78 is 4.46. The summed E-state index contributed by atoms with van der Waals surface area (Å²) in [5, 5.41) is 9.25. The van der Waals surface area contributed by atoms with Crippen LogP contribution in [0.25, 0.3) is 0 Å². The zero-order valence-electron chi connectivity index (χ0n) is 10.8. The Kier molecular flexibility index (Phi) is 4.18. The summed E-state index contributed by atoms with van der Waals surface area (Å²) in [6.45, 7) is 0. The third kappa shape index (κ3) is 3.85. The molecule has 0 fully saturated rings. The quantitative estimate of drug-likeness (QED) is 0.717. The van der Waals surface area contributed by atoms with E-state index in [4.69, 9.17) is 0 Å². The van der Waals surface area contributed by atoms with Crippen LogP contribution in [0.5, 0.6) is 5.75 Å². The van der Waals surface area contributed by atoms with Crippen LogP contribution in [-0.4, -0.2) is 18.2 Å². The highest BCUT2D eigenvalue weighted by Gasteiger charge is 2.12. The minimum Gasteiger partial charge on any atom is -0.508 e. The van der Waals surface area contributed by atoms with Crippen molar-refractivity contribution in [3.63, 3.8) is 0 Å². The van der Waals surface area contributed by atoms with E-state index < -0.39 is 0 Å². The number of hydrogen-bond donors (Lipinski definition) is 1. The molecule has 3 heteroatoms. The van der Waals surface area contributed by atoms with E-state index in [1.165, 1.54) is 30.7 Å². The van der Waals surface area contributed by atoms with E-state index in [9.17, 15) is 9.90 Å². The normalized spacial score (nSPS) is 10.8. The van der Waals surface area contributed by atoms with Crippen molar-refractivity contribution in [3.05, 3.63) is 65.2 Å². The minimum absolute atomic E-state index is 0.114. The Morgan fingerprint density at radius 3 is 2.21 bits per heavy atom. The van der Waals surface area contributed by atoms with Gasteiger partial charge in [-0.25, -0.2) is 0 Å². The van der Waals surface area contributed by atoms with Gasteiger partial charge in [0, 0.05) is 5.56 Å². The lowest BCUT2D eigenvalue weighted by Gasteiger charge is -2.01. The topological polar surface area (TPSA) is 46.5 Å². The number of phenols is 1. The first-order chi connectivity index (χ1) is 9.20. The third-order valence-corrected chi connectivity index (χ3v) is 2.93. The maximum absolute atomic E-state index is 10.8. The molecule has 0 aliphatic heterocycles. The zero-order chi connectivity index (χ0) is 13.7. The number of methoxy groups -OCH3 is 1. The number of aromatic hydroxyl groups is 1. The Labute approximate surface area is 112 Å². The van der Waals surface area contributed by atoms with Crippen molar-refractivity contribution in [2.24, 2.45) is 0 Å². The van der Waals surface area contributed by atoms with Crippen LogP contribution < -0.4 is 0 Å². The molecule has 0 heterocycles. The Balaban J connectivity index is 0.000000159. The second-order valence-corrected chi connectivity index (χ2v) is 4.33. The number of esters is 1. The monoisotopic (exact) mass is 256 g/mol. The Morgan fingerprint density at radius 1 is 1.11 bits per heavy atom. The van der Waals surface area contributed by atoms with E-state index in [0.29, 0.717) is 5.56 Å². The number of carbonyl (C=O) groups is 1. The first-order valence-corrected chi connectivity index (χ1v) is 6.11. The average Bonchev–Trinajstić information content (AvgIpc) is 3.21. The largest absolute Gasteiger partial charge is 0.508 e. The summed E-state index contributed by atoms with van der Waals surface area (Å²) in [6, 6.07) is 15.2. The number of fused-ring (bicyclic) bond motifs is 1. The van der Waals surface area contributed by atoms with Gasteiger partial charge in [0.05, 0.1) is 13.5 Å². The molecular formula is C16H16O3. The lowest BCUT2D eigenvalue weighted by Crippen LogP contribution is -2.04. The van der Waals surface area contributed by atoms with Gasteiger partial charge in [-0.15, -0.1) is 0 Å². The van der Waals surface area contributed by atoms with E-state index in [2.05, 4.69) is 29.0 Å². The number of rotatable bonds is 2. The lowest BCUT2D eigenvalue weighted by molar-refractivity contribution is -0.139. The number of benzene rings is 2. The molecule has 2 aromatic carbocycles. The molecule has 2 aromatic rings. The molecule has 0 atom stereocenters. The molecule has 19 heavy (non-hydrogen) atoms. The van der Waals surface area contributed by atoms with Gasteiger partial charge in [-0.1, -0.05) is 42.5 Å². The summed E-state index contributed by atoms with van der Waals surface area (Å²) in [4.78, 5) is 10.8. The minimum atomic E-state index is -0.350. The molecular weight excluding hydrogens is 240 g/mol. The summed E-state index contributed by atoms with van der Waals surface area (Å²) >= 11 is 0. The van der Waals surface area contributed by atoms with Crippen molar-refractivity contribution in [1.82, 2.24) is 0 Å². The molecule has 1 aliphatic carbocycles. The summed E-state index contributed by atoms with van der Waals surface area (Å²) in [6.07, 6.45) is 1.36. The molecule has 0 saturated heterocycles. The number of ether oxygens (including phenoxy) is 1. The van der Waals surface area contributed by atoms with E-state index in [0.717, 1.165) is 0 Å². The number of phenolic OH excluding ortho intramolecular Hbond substituents is 1. The van der Waals surface area contributed by atoms with Crippen LogP contribution in [0.1, 0.15) is 16.7 Å². The molecule has 0 bridgehead atoms. The smallest absolute Gasteiger partial charge is 0.310 e. The van der Waals surface area contributed by atoms with Crippen LogP contribution in [0.15, 0.2) is 48.5 Å². The van der Waals surface area contributed by atoms with Gasteiger partial charge in [0.1, 0.15) is 5.75 Å². The first-order valence-electron chi connectivity index (χ1n) is 6.11. The molecule has 0 radical (unpaired) electrons. The molecule has 0 amide bonds. The van der Waals surface area contributed by atoms with Crippen molar-refractivity contribution in [3.8, 4) is 5.75 Å². The van der Waals surface area contributed by atoms with E-state index in [-0.39, 0.29) is 18.1 Å². The molecule has 1 N–H and O–H groups in total. The highest BCUT2D eigenvalue weighted by Crippen LogP contribution is 2.25. The molecule has 0 spiro atoms. The highest BCUT2D eigenvalue weighted by atomic mass is 16.5. The first kappa shape index (κ1) is 13.1. The predicted molar refractivity (Wildman–Crippen MR) is 73.1 cm³/mol. The van der Waals surface area contributed by atoms with Gasteiger partial charge in [0.2, 0.25) is 0 Å². The zero-order valence-corrected chi connectivity index (χ0v) is 10.8. The van der Waals surface area contributed by atoms with Crippen LogP contribution in [-0.2, 0) is 22.4 Å². The van der Waals surface area contributed by atoms with E-state index >= 15 is 0 Å². The molecule has 3 nitrogen and oxygen atoms in total. The van der Waals surface area contributed by atoms with Crippen LogP contribution in [0, 0.1) is 0 Å². The van der Waals surface area contributed by atoms with Crippen LogP contribution >= 0.6 is 0 Å². The Morgan fingerprint density at radius 2 is 1.68 bits per heavy atom. The van der Waals surface area contributed by atoms with Crippen molar-refractivity contribution < 1.29 is 14.6 Å². The fourth-order valence-corrected chi connectivity index (χ4v) is 1.72. The van der Waals surface area contributed by atoms with Gasteiger partial charge in [-0.3, -0.25) is 4.79 Å². The Hall–Kier alpha value is -2.29. The van der Waals surface area contributed by atoms with E-state index in [1.807, 2.05) is 0 Å². The second kappa shape index (κ2) is 6.05. The SMILES string of the molecule is COC(=O)Cc1ccccc1O.c1ccc2c(c1)C2. The highest BCUT2D eigenvalue weighted by molar-refractivity contribution is 5.73. The summed E-state index contributed by atoms with van der Waals surface area (Å²) in [5.41, 5.74) is 3.65. The molecule has 0 unspecified atom stereocenters. The number of hydrogen-bond acceptors (Lipinski definition) is 3. The molecule has 98 valence electrons. The van der Waals surface area contributed by atoms with Crippen molar-refractivity contribution in [2.45, 2.75) is 12.8 Å². The van der Waals surface area contributed by atoms with Crippen LogP contribution in [0.3, 0.4) is 0 Å². The maximum atomic E-state index is 10.8. The second-order valence-electron chi connectivity index (χ2n) is 4.33. The Bertz CT molecular complexity index is 555. The fourth-order valence-electron chi connectivity index (χ4n) is 1.72. The van der Waals surface area contributed by atoms with Crippen LogP contribution in [0.4, 0.5) is 0 Å². The standard InChI is InChI=1S/C9H10O3.C7H6/c1-12-9(11)6-7-4-2-3-5-8(7)10;1-2-4-7-5-6(7)3-1/h2-5,10H,6H2,1H3;1-4H,5H2. The fraction of sp³-hybridized carbons (Fsp3) is 0.188. The average molecular weight is 256 g/mol. The third-order valence-electron chi connectivity index (χ3n) is 2.93. The lowest BCUT2D eigenvalue weighted by atomic mass is 10.1. The summed E-state index contributed by atoms with van der Waals surface area (Å²) in [5.74, 6) is -0.223. The van der Waals surface area contributed by atoms with Gasteiger partial charge in [0.15, 0.2) is 0 Å². The molecule has 0 saturated carbocycles. The van der Waals surface area contributed by atoms with Gasteiger partial charge in [-0.2, -0.15) is 0 Å².